The molecule has 0 N–H and O–H groups in total. The van der Waals surface area contributed by atoms with Crippen molar-refractivity contribution in [2.45, 2.75) is 26.1 Å². The van der Waals surface area contributed by atoms with Crippen molar-refractivity contribution in [3.63, 3.8) is 0 Å². The van der Waals surface area contributed by atoms with Gasteiger partial charge in [0, 0.05) is 43.5 Å². The van der Waals surface area contributed by atoms with E-state index in [1.165, 1.54) is 17.8 Å². The van der Waals surface area contributed by atoms with Crippen LogP contribution in [0.15, 0.2) is 65.2 Å². The normalized spacial score (nSPS) is 15.3. The summed E-state index contributed by atoms with van der Waals surface area (Å²) in [7, 11) is 0. The molecule has 34 heavy (non-hydrogen) atoms. The van der Waals surface area contributed by atoms with Gasteiger partial charge in [0.1, 0.15) is 5.69 Å². The zero-order valence-electron chi connectivity index (χ0n) is 19.5. The van der Waals surface area contributed by atoms with Crippen molar-refractivity contribution in [2.24, 2.45) is 0 Å². The van der Waals surface area contributed by atoms with Gasteiger partial charge in [-0.05, 0) is 44.3 Å². The molecule has 8 heteroatoms. The number of halogens is 3. The SMILES string of the molecule is CCN(CCCN1CCN(c2ccccc2)CC1)Cc1cc(-c2ccccc2C(F)(F)F)no1. The zero-order valence-corrected chi connectivity index (χ0v) is 19.5. The van der Waals surface area contributed by atoms with E-state index in [0.717, 1.165) is 58.3 Å². The largest absolute Gasteiger partial charge is 0.417 e. The summed E-state index contributed by atoms with van der Waals surface area (Å²) in [5, 5.41) is 3.92. The van der Waals surface area contributed by atoms with Crippen molar-refractivity contribution in [1.82, 2.24) is 15.0 Å². The van der Waals surface area contributed by atoms with E-state index in [-0.39, 0.29) is 11.3 Å². The molecule has 3 aromatic rings. The minimum atomic E-state index is -4.43. The number of hydrogen-bond acceptors (Lipinski definition) is 5. The van der Waals surface area contributed by atoms with Crippen LogP contribution in [0.1, 0.15) is 24.7 Å². The Labute approximate surface area is 198 Å². The highest BCUT2D eigenvalue weighted by atomic mass is 19.4. The fraction of sp³-hybridized carbons (Fsp3) is 0.423. The second-order valence-corrected chi connectivity index (χ2v) is 8.61. The quantitative estimate of drug-likeness (QED) is 0.417. The molecule has 0 amide bonds. The summed E-state index contributed by atoms with van der Waals surface area (Å²) in [5.41, 5.74) is 0.844. The van der Waals surface area contributed by atoms with Gasteiger partial charge in [0.25, 0.3) is 0 Å². The Balaban J connectivity index is 1.26. The van der Waals surface area contributed by atoms with E-state index in [1.54, 1.807) is 12.1 Å². The van der Waals surface area contributed by atoms with Crippen LogP contribution in [0, 0.1) is 0 Å². The lowest BCUT2D eigenvalue weighted by Crippen LogP contribution is -2.47. The van der Waals surface area contributed by atoms with E-state index in [0.29, 0.717) is 12.3 Å². The number of aromatic nitrogens is 1. The van der Waals surface area contributed by atoms with Crippen molar-refractivity contribution in [3.05, 3.63) is 72.0 Å². The highest BCUT2D eigenvalue weighted by Crippen LogP contribution is 2.36. The molecule has 1 aliphatic heterocycles. The number of piperazine rings is 1. The van der Waals surface area contributed by atoms with Gasteiger partial charge in [-0.1, -0.05) is 48.5 Å². The number of nitrogens with zero attached hydrogens (tertiary/aromatic N) is 4. The summed E-state index contributed by atoms with van der Waals surface area (Å²) in [4.78, 5) is 7.15. The molecule has 5 nitrogen and oxygen atoms in total. The molecule has 1 fully saturated rings. The number of hydrogen-bond donors (Lipinski definition) is 0. The maximum absolute atomic E-state index is 13.3. The molecular weight excluding hydrogens is 441 g/mol. The van der Waals surface area contributed by atoms with Gasteiger partial charge in [-0.15, -0.1) is 0 Å². The van der Waals surface area contributed by atoms with E-state index in [2.05, 4.69) is 51.0 Å². The van der Waals surface area contributed by atoms with Gasteiger partial charge in [-0.25, -0.2) is 0 Å². The fourth-order valence-corrected chi connectivity index (χ4v) is 4.42. The van der Waals surface area contributed by atoms with Gasteiger partial charge in [0.05, 0.1) is 12.1 Å². The Bertz CT molecular complexity index is 1030. The Morgan fingerprint density at radius 3 is 2.38 bits per heavy atom. The van der Waals surface area contributed by atoms with E-state index in [1.807, 2.05) is 6.07 Å². The molecule has 0 radical (unpaired) electrons. The molecular formula is C26H31F3N4O. The smallest absolute Gasteiger partial charge is 0.369 e. The molecule has 2 heterocycles. The zero-order chi connectivity index (χ0) is 24.0. The van der Waals surface area contributed by atoms with Crippen LogP contribution in [0.4, 0.5) is 18.9 Å². The van der Waals surface area contributed by atoms with Crippen LogP contribution in [-0.4, -0.2) is 60.8 Å². The fourth-order valence-electron chi connectivity index (χ4n) is 4.42. The van der Waals surface area contributed by atoms with Crippen LogP contribution >= 0.6 is 0 Å². The third kappa shape index (κ3) is 6.18. The van der Waals surface area contributed by atoms with E-state index < -0.39 is 11.7 Å². The second kappa shape index (κ2) is 11.1. The Morgan fingerprint density at radius 2 is 1.68 bits per heavy atom. The number of anilines is 1. The van der Waals surface area contributed by atoms with Crippen LogP contribution in [0.25, 0.3) is 11.3 Å². The van der Waals surface area contributed by atoms with E-state index in [4.69, 9.17) is 4.52 Å². The van der Waals surface area contributed by atoms with Crippen molar-refractivity contribution in [2.75, 3.05) is 50.7 Å². The van der Waals surface area contributed by atoms with Crippen molar-refractivity contribution in [3.8, 4) is 11.3 Å². The second-order valence-electron chi connectivity index (χ2n) is 8.61. The molecule has 1 aliphatic rings. The maximum atomic E-state index is 13.3. The number of alkyl halides is 3. The predicted molar refractivity (Wildman–Crippen MR) is 128 cm³/mol. The summed E-state index contributed by atoms with van der Waals surface area (Å²) in [6.07, 6.45) is -3.41. The van der Waals surface area contributed by atoms with Gasteiger partial charge in [-0.2, -0.15) is 13.2 Å². The molecule has 4 rings (SSSR count). The molecule has 0 spiro atoms. The number of benzene rings is 2. The minimum absolute atomic E-state index is 0.0442. The molecule has 0 atom stereocenters. The summed E-state index contributed by atoms with van der Waals surface area (Å²) in [5.74, 6) is 0.574. The standard InChI is InChI=1S/C26H31F3N4O/c1-2-31(13-8-14-32-15-17-33(18-16-32)21-9-4-3-5-10-21)20-22-19-25(30-34-22)23-11-6-7-12-24(23)26(27,28)29/h3-7,9-12,19H,2,8,13-18,20H2,1H3. The van der Waals surface area contributed by atoms with Crippen LogP contribution in [-0.2, 0) is 12.7 Å². The van der Waals surface area contributed by atoms with Crippen LogP contribution in [0.3, 0.4) is 0 Å². The topological polar surface area (TPSA) is 35.8 Å². The lowest BCUT2D eigenvalue weighted by molar-refractivity contribution is -0.137. The molecule has 0 bridgehead atoms. The molecule has 0 aliphatic carbocycles. The molecule has 1 aromatic heterocycles. The lowest BCUT2D eigenvalue weighted by Gasteiger charge is -2.36. The first-order chi connectivity index (χ1) is 16.4. The third-order valence-corrected chi connectivity index (χ3v) is 6.34. The summed E-state index contributed by atoms with van der Waals surface area (Å²) < 4.78 is 45.4. The van der Waals surface area contributed by atoms with Gasteiger partial charge in [0.15, 0.2) is 5.76 Å². The minimum Gasteiger partial charge on any atom is -0.369 e. The highest BCUT2D eigenvalue weighted by Gasteiger charge is 2.34. The van der Waals surface area contributed by atoms with Gasteiger partial charge >= 0.3 is 6.18 Å². The van der Waals surface area contributed by atoms with Crippen LogP contribution in [0.5, 0.6) is 0 Å². The van der Waals surface area contributed by atoms with E-state index in [9.17, 15) is 13.2 Å². The first-order valence-corrected chi connectivity index (χ1v) is 11.8. The van der Waals surface area contributed by atoms with Crippen molar-refractivity contribution >= 4 is 5.69 Å². The van der Waals surface area contributed by atoms with E-state index >= 15 is 0 Å². The summed E-state index contributed by atoms with van der Waals surface area (Å²) in [6, 6.07) is 17.6. The average Bonchev–Trinajstić information content (AvgIpc) is 3.32. The lowest BCUT2D eigenvalue weighted by atomic mass is 10.0. The first kappa shape index (κ1) is 24.3. The Hall–Kier alpha value is -2.84. The van der Waals surface area contributed by atoms with Gasteiger partial charge in [-0.3, -0.25) is 9.80 Å². The molecule has 2 aromatic carbocycles. The summed E-state index contributed by atoms with van der Waals surface area (Å²) >= 11 is 0. The number of rotatable bonds is 9. The van der Waals surface area contributed by atoms with Crippen LogP contribution in [0.2, 0.25) is 0 Å². The molecule has 0 unspecified atom stereocenters. The molecule has 0 saturated carbocycles. The van der Waals surface area contributed by atoms with Gasteiger partial charge < -0.3 is 9.42 Å². The Morgan fingerprint density at radius 1 is 0.971 bits per heavy atom. The average molecular weight is 473 g/mol. The highest BCUT2D eigenvalue weighted by molar-refractivity contribution is 5.64. The van der Waals surface area contributed by atoms with Crippen molar-refractivity contribution < 1.29 is 17.7 Å². The van der Waals surface area contributed by atoms with Crippen molar-refractivity contribution in [1.29, 1.82) is 0 Å². The third-order valence-electron chi connectivity index (χ3n) is 6.34. The van der Waals surface area contributed by atoms with Crippen LogP contribution < -0.4 is 4.90 Å². The Kier molecular flexibility index (Phi) is 7.90. The van der Waals surface area contributed by atoms with Gasteiger partial charge in [0.2, 0.25) is 0 Å². The first-order valence-electron chi connectivity index (χ1n) is 11.8. The summed E-state index contributed by atoms with van der Waals surface area (Å²) in [6.45, 7) is 9.51. The molecule has 1 saturated heterocycles. The monoisotopic (exact) mass is 472 g/mol. The predicted octanol–water partition coefficient (Wildman–Crippen LogP) is 5.39. The molecule has 182 valence electrons. The maximum Gasteiger partial charge on any atom is 0.417 e. The number of para-hydroxylation sites is 1.